The number of nitrogens with zero attached hydrogens (tertiary/aromatic N) is 2. The minimum absolute atomic E-state index is 0.117. The van der Waals surface area contributed by atoms with Crippen molar-refractivity contribution in [3.05, 3.63) is 94.9 Å². The summed E-state index contributed by atoms with van der Waals surface area (Å²) in [5.41, 5.74) is 6.22. The molecule has 2 heterocycles. The average molecular weight is 383 g/mol. The van der Waals surface area contributed by atoms with Crippen molar-refractivity contribution >= 4 is 23.9 Å². The molecular weight excluding hydrogens is 362 g/mol. The number of pyridine rings is 1. The quantitative estimate of drug-likeness (QED) is 0.576. The molecule has 0 unspecified atom stereocenters. The van der Waals surface area contributed by atoms with Crippen molar-refractivity contribution in [3.8, 4) is 11.5 Å². The van der Waals surface area contributed by atoms with Crippen molar-refractivity contribution in [1.29, 1.82) is 0 Å². The highest BCUT2D eigenvalue weighted by Gasteiger charge is 2.11. The van der Waals surface area contributed by atoms with Crippen molar-refractivity contribution in [3.63, 3.8) is 0 Å². The molecule has 0 saturated heterocycles. The first kappa shape index (κ1) is 18.5. The molecule has 4 rings (SSSR count). The first-order chi connectivity index (χ1) is 14.2. The molecule has 144 valence electrons. The van der Waals surface area contributed by atoms with Crippen LogP contribution in [-0.2, 0) is 6.54 Å². The van der Waals surface area contributed by atoms with E-state index in [1.165, 1.54) is 6.07 Å². The number of phenols is 2. The monoisotopic (exact) mass is 383 g/mol. The van der Waals surface area contributed by atoms with Crippen LogP contribution in [-0.4, -0.2) is 28.0 Å². The second-order valence-electron chi connectivity index (χ2n) is 6.78. The number of aliphatic imine (C=N–C) groups is 1. The van der Waals surface area contributed by atoms with Gasteiger partial charge in [-0.05, 0) is 64.2 Å². The molecular formula is C24H21N3O2. The van der Waals surface area contributed by atoms with Crippen LogP contribution < -0.4 is 5.32 Å². The van der Waals surface area contributed by atoms with Crippen molar-refractivity contribution in [2.24, 2.45) is 4.99 Å². The van der Waals surface area contributed by atoms with Crippen LogP contribution in [0.5, 0.6) is 11.5 Å². The second kappa shape index (κ2) is 8.44. The molecule has 3 N–H and O–H groups in total. The maximum atomic E-state index is 9.62. The van der Waals surface area contributed by atoms with Gasteiger partial charge >= 0.3 is 0 Å². The van der Waals surface area contributed by atoms with Crippen LogP contribution in [0.2, 0.25) is 0 Å². The molecule has 2 aromatic carbocycles. The van der Waals surface area contributed by atoms with Crippen LogP contribution in [0.3, 0.4) is 0 Å². The summed E-state index contributed by atoms with van der Waals surface area (Å²) in [4.78, 5) is 8.75. The summed E-state index contributed by atoms with van der Waals surface area (Å²) < 4.78 is 0. The summed E-state index contributed by atoms with van der Waals surface area (Å²) in [6.45, 7) is 1.14. The predicted octanol–water partition coefficient (Wildman–Crippen LogP) is 4.23. The fraction of sp³-hybridized carbons (Fsp3) is 0.0833. The maximum absolute atomic E-state index is 9.62. The molecule has 29 heavy (non-hydrogen) atoms. The zero-order valence-electron chi connectivity index (χ0n) is 15.8. The molecule has 0 atom stereocenters. The molecule has 0 spiro atoms. The molecule has 5 nitrogen and oxygen atoms in total. The van der Waals surface area contributed by atoms with E-state index in [1.54, 1.807) is 18.3 Å². The van der Waals surface area contributed by atoms with E-state index in [1.807, 2.05) is 36.7 Å². The highest BCUT2D eigenvalue weighted by atomic mass is 16.3. The Labute approximate surface area is 169 Å². The number of benzene rings is 2. The molecule has 0 aliphatic carbocycles. The van der Waals surface area contributed by atoms with Crippen molar-refractivity contribution in [1.82, 2.24) is 10.3 Å². The third-order valence-corrected chi connectivity index (χ3v) is 4.67. The fourth-order valence-electron chi connectivity index (χ4n) is 3.15. The topological polar surface area (TPSA) is 77.7 Å². The van der Waals surface area contributed by atoms with Gasteiger partial charge in [0, 0.05) is 25.2 Å². The Morgan fingerprint density at radius 2 is 1.90 bits per heavy atom. The minimum Gasteiger partial charge on any atom is -0.504 e. The molecule has 1 aliphatic heterocycles. The number of rotatable bonds is 5. The van der Waals surface area contributed by atoms with E-state index in [4.69, 9.17) is 0 Å². The van der Waals surface area contributed by atoms with E-state index >= 15 is 0 Å². The summed E-state index contributed by atoms with van der Waals surface area (Å²) in [7, 11) is 0. The van der Waals surface area contributed by atoms with Crippen molar-refractivity contribution < 1.29 is 10.2 Å². The van der Waals surface area contributed by atoms with Crippen LogP contribution in [0.1, 0.15) is 27.9 Å². The first-order valence-electron chi connectivity index (χ1n) is 9.36. The zero-order valence-corrected chi connectivity index (χ0v) is 15.8. The van der Waals surface area contributed by atoms with Crippen LogP contribution >= 0.6 is 0 Å². The lowest BCUT2D eigenvalue weighted by molar-refractivity contribution is 0.403. The Morgan fingerprint density at radius 3 is 2.72 bits per heavy atom. The van der Waals surface area contributed by atoms with Crippen LogP contribution in [0.25, 0.3) is 17.7 Å². The standard InChI is InChI=1S/C24H21N3O2/c28-23-9-6-18(12-24(23)29)13-25-15-20-16-26-14-19-7-4-17(11-22(19)20)5-8-21-3-1-2-10-27-21/h1-12,14-15,25,28-29H,13,16H2. The van der Waals surface area contributed by atoms with E-state index < -0.39 is 0 Å². The van der Waals surface area contributed by atoms with E-state index in [0.29, 0.717) is 13.1 Å². The lowest BCUT2D eigenvalue weighted by Gasteiger charge is -2.15. The van der Waals surface area contributed by atoms with Gasteiger partial charge in [-0.15, -0.1) is 0 Å². The van der Waals surface area contributed by atoms with Crippen LogP contribution in [0.15, 0.2) is 72.0 Å². The van der Waals surface area contributed by atoms with E-state index in [9.17, 15) is 10.2 Å². The normalized spacial score (nSPS) is 14.3. The van der Waals surface area contributed by atoms with Gasteiger partial charge in [0.2, 0.25) is 0 Å². The fourth-order valence-corrected chi connectivity index (χ4v) is 3.15. The van der Waals surface area contributed by atoms with Crippen LogP contribution in [0, 0.1) is 0 Å². The highest BCUT2D eigenvalue weighted by molar-refractivity contribution is 5.93. The van der Waals surface area contributed by atoms with E-state index in [0.717, 1.165) is 33.5 Å². The van der Waals surface area contributed by atoms with E-state index in [-0.39, 0.29) is 11.5 Å². The van der Waals surface area contributed by atoms with Crippen molar-refractivity contribution in [2.75, 3.05) is 6.54 Å². The van der Waals surface area contributed by atoms with Crippen molar-refractivity contribution in [2.45, 2.75) is 6.54 Å². The summed E-state index contributed by atoms with van der Waals surface area (Å²) in [5.74, 6) is -0.233. The third-order valence-electron chi connectivity index (χ3n) is 4.67. The summed E-state index contributed by atoms with van der Waals surface area (Å²) >= 11 is 0. The Hall–Kier alpha value is -3.86. The number of hydrogen-bond acceptors (Lipinski definition) is 5. The van der Waals surface area contributed by atoms with Gasteiger partial charge in [-0.3, -0.25) is 9.98 Å². The largest absolute Gasteiger partial charge is 0.504 e. The number of phenolic OH excluding ortho intramolecular Hbond substituents is 2. The third kappa shape index (κ3) is 4.52. The Balaban J connectivity index is 1.51. The molecule has 1 aliphatic rings. The average Bonchev–Trinajstić information content (AvgIpc) is 2.75. The summed E-state index contributed by atoms with van der Waals surface area (Å²) in [6, 6.07) is 16.9. The molecule has 0 radical (unpaired) electrons. The maximum Gasteiger partial charge on any atom is 0.157 e. The molecule has 0 amide bonds. The van der Waals surface area contributed by atoms with Crippen LogP contribution in [0.4, 0.5) is 0 Å². The first-order valence-corrected chi connectivity index (χ1v) is 9.36. The second-order valence-corrected chi connectivity index (χ2v) is 6.78. The lowest BCUT2D eigenvalue weighted by Crippen LogP contribution is -2.09. The number of fused-ring (bicyclic) bond motifs is 1. The number of nitrogens with one attached hydrogen (secondary N) is 1. The summed E-state index contributed by atoms with van der Waals surface area (Å²) in [5, 5.41) is 22.3. The van der Waals surface area contributed by atoms with Gasteiger partial charge in [0.25, 0.3) is 0 Å². The van der Waals surface area contributed by atoms with Gasteiger partial charge in [0.15, 0.2) is 11.5 Å². The molecule has 5 heteroatoms. The number of aromatic nitrogens is 1. The van der Waals surface area contributed by atoms with Gasteiger partial charge in [0.1, 0.15) is 0 Å². The minimum atomic E-state index is -0.117. The number of aromatic hydroxyl groups is 2. The molecule has 0 saturated carbocycles. The Morgan fingerprint density at radius 1 is 0.966 bits per heavy atom. The Kier molecular flexibility index (Phi) is 5.38. The Bertz CT molecular complexity index is 1100. The van der Waals surface area contributed by atoms with Gasteiger partial charge in [-0.2, -0.15) is 0 Å². The zero-order chi connectivity index (χ0) is 20.1. The van der Waals surface area contributed by atoms with Gasteiger partial charge < -0.3 is 15.5 Å². The molecule has 3 aromatic rings. The predicted molar refractivity (Wildman–Crippen MR) is 117 cm³/mol. The molecule has 0 bridgehead atoms. The SMILES string of the molecule is Oc1ccc(CNC=C2CN=Cc3ccc(C=Cc4ccccn4)cc32)cc1O. The summed E-state index contributed by atoms with van der Waals surface area (Å²) in [6.07, 6.45) is 9.70. The highest BCUT2D eigenvalue weighted by Crippen LogP contribution is 2.26. The van der Waals surface area contributed by atoms with E-state index in [2.05, 4.69) is 39.6 Å². The van der Waals surface area contributed by atoms with Gasteiger partial charge in [-0.25, -0.2) is 0 Å². The van der Waals surface area contributed by atoms with Gasteiger partial charge in [-0.1, -0.05) is 30.3 Å². The smallest absolute Gasteiger partial charge is 0.157 e. The number of hydrogen-bond donors (Lipinski definition) is 3. The van der Waals surface area contributed by atoms with Gasteiger partial charge in [0.05, 0.1) is 12.2 Å². The lowest BCUT2D eigenvalue weighted by atomic mass is 9.96. The molecule has 1 aromatic heterocycles. The molecule has 0 fully saturated rings.